The van der Waals surface area contributed by atoms with Crippen LogP contribution in [0.5, 0.6) is 0 Å². The number of nitrogens with one attached hydrogen (secondary N) is 1. The van der Waals surface area contributed by atoms with E-state index in [1.807, 2.05) is 25.7 Å². The number of rotatable bonds is 1. The highest BCUT2D eigenvalue weighted by Gasteiger charge is 2.43. The number of nitrogens with zero attached hydrogens (tertiary/aromatic N) is 4. The van der Waals surface area contributed by atoms with Crippen LogP contribution in [0.3, 0.4) is 0 Å². The van der Waals surface area contributed by atoms with Gasteiger partial charge in [0.15, 0.2) is 5.82 Å². The Labute approximate surface area is 151 Å². The number of carbonyl (C=O) groups excluding carboxylic acids is 1. The number of aromatic amines is 1. The van der Waals surface area contributed by atoms with Crippen molar-refractivity contribution in [1.82, 2.24) is 20.1 Å². The van der Waals surface area contributed by atoms with Gasteiger partial charge in [-0.1, -0.05) is 11.6 Å². The Morgan fingerprint density at radius 2 is 2.00 bits per heavy atom. The molecule has 4 rings (SSSR count). The molecule has 7 nitrogen and oxygen atoms in total. The minimum Gasteiger partial charge on any atom is -0.444 e. The van der Waals surface area contributed by atoms with Gasteiger partial charge in [0.05, 0.1) is 10.9 Å². The number of hydrogen-bond donors (Lipinski definition) is 1. The van der Waals surface area contributed by atoms with Crippen molar-refractivity contribution in [1.29, 1.82) is 0 Å². The van der Waals surface area contributed by atoms with Crippen molar-refractivity contribution in [3.8, 4) is 0 Å². The van der Waals surface area contributed by atoms with Crippen molar-refractivity contribution in [3.05, 3.63) is 17.4 Å². The number of halogens is 1. The quantitative estimate of drug-likeness (QED) is 0.787. The molecule has 1 N–H and O–H groups in total. The summed E-state index contributed by atoms with van der Waals surface area (Å²) in [6.45, 7) is 6.98. The summed E-state index contributed by atoms with van der Waals surface area (Å²) >= 11 is 5.96. The minimum atomic E-state index is -0.476. The molecule has 0 saturated carbocycles. The lowest BCUT2D eigenvalue weighted by Gasteiger charge is -2.41. The second kappa shape index (κ2) is 5.76. The van der Waals surface area contributed by atoms with Gasteiger partial charge in [-0.15, -0.1) is 0 Å². The molecule has 2 atom stereocenters. The molecular formula is C17H22ClN5O2. The zero-order chi connectivity index (χ0) is 17.8. The molecule has 8 heteroatoms. The van der Waals surface area contributed by atoms with Crippen LogP contribution < -0.4 is 4.90 Å². The maximum absolute atomic E-state index is 12.4. The summed E-state index contributed by atoms with van der Waals surface area (Å²) < 4.78 is 5.53. The van der Waals surface area contributed by atoms with Crippen molar-refractivity contribution in [2.24, 2.45) is 0 Å². The van der Waals surface area contributed by atoms with E-state index in [1.54, 1.807) is 12.3 Å². The standard InChI is InChI=1S/C17H22ClN5O2/c1-17(2,3)25-16(24)22-8-10-4-5-11(9-22)23(10)15-12-7-19-14(18)6-13(12)20-21-15/h6-7,10-11H,4-5,8-9H2,1-3H3,(H,20,21). The third kappa shape index (κ3) is 3.01. The summed E-state index contributed by atoms with van der Waals surface area (Å²) in [5.74, 6) is 0.899. The first-order valence-electron chi connectivity index (χ1n) is 8.58. The lowest BCUT2D eigenvalue weighted by molar-refractivity contribution is 0.0209. The first-order chi connectivity index (χ1) is 11.8. The van der Waals surface area contributed by atoms with Gasteiger partial charge < -0.3 is 14.5 Å². The van der Waals surface area contributed by atoms with Gasteiger partial charge in [0.1, 0.15) is 10.8 Å². The lowest BCUT2D eigenvalue weighted by Crippen LogP contribution is -2.56. The average molecular weight is 364 g/mol. The molecule has 0 spiro atoms. The van der Waals surface area contributed by atoms with Crippen LogP contribution >= 0.6 is 11.6 Å². The Bertz CT molecular complexity index is 801. The number of piperazine rings is 1. The monoisotopic (exact) mass is 363 g/mol. The van der Waals surface area contributed by atoms with Crippen LogP contribution in [0, 0.1) is 0 Å². The van der Waals surface area contributed by atoms with E-state index in [0.717, 1.165) is 29.6 Å². The van der Waals surface area contributed by atoms with E-state index >= 15 is 0 Å². The Morgan fingerprint density at radius 1 is 1.32 bits per heavy atom. The SMILES string of the molecule is CC(C)(C)OC(=O)N1CC2CCC(C1)N2c1n[nH]c2cc(Cl)ncc12. The Balaban J connectivity index is 1.57. The average Bonchev–Trinajstić information content (AvgIpc) is 3.02. The number of pyridine rings is 1. The maximum atomic E-state index is 12.4. The highest BCUT2D eigenvalue weighted by Crippen LogP contribution is 2.37. The second-order valence-electron chi connectivity index (χ2n) is 7.78. The Hall–Kier alpha value is -2.02. The van der Waals surface area contributed by atoms with Gasteiger partial charge in [0, 0.05) is 37.4 Å². The van der Waals surface area contributed by atoms with Gasteiger partial charge in [-0.2, -0.15) is 5.10 Å². The molecule has 2 aliphatic rings. The number of H-pyrrole nitrogens is 1. The predicted octanol–water partition coefficient (Wildman–Crippen LogP) is 3.20. The highest BCUT2D eigenvalue weighted by atomic mass is 35.5. The molecular weight excluding hydrogens is 342 g/mol. The summed E-state index contributed by atoms with van der Waals surface area (Å²) in [5, 5.41) is 8.95. The summed E-state index contributed by atoms with van der Waals surface area (Å²) in [6, 6.07) is 2.27. The lowest BCUT2D eigenvalue weighted by atomic mass is 10.1. The van der Waals surface area contributed by atoms with Gasteiger partial charge in [-0.25, -0.2) is 9.78 Å². The number of carbonyl (C=O) groups is 1. The molecule has 2 aromatic heterocycles. The van der Waals surface area contributed by atoms with E-state index < -0.39 is 5.60 Å². The van der Waals surface area contributed by atoms with E-state index in [-0.39, 0.29) is 18.2 Å². The van der Waals surface area contributed by atoms with E-state index in [4.69, 9.17) is 16.3 Å². The molecule has 0 aromatic carbocycles. The van der Waals surface area contributed by atoms with Crippen molar-refractivity contribution < 1.29 is 9.53 Å². The van der Waals surface area contributed by atoms with Crippen LogP contribution in [0.25, 0.3) is 10.9 Å². The Morgan fingerprint density at radius 3 is 2.64 bits per heavy atom. The van der Waals surface area contributed by atoms with Crippen molar-refractivity contribution in [3.63, 3.8) is 0 Å². The Kier molecular flexibility index (Phi) is 3.79. The van der Waals surface area contributed by atoms with Gasteiger partial charge in [0.2, 0.25) is 0 Å². The smallest absolute Gasteiger partial charge is 0.410 e. The summed E-state index contributed by atoms with van der Waals surface area (Å²) in [5.41, 5.74) is 0.403. The number of anilines is 1. The molecule has 25 heavy (non-hydrogen) atoms. The summed E-state index contributed by atoms with van der Waals surface area (Å²) in [4.78, 5) is 20.8. The zero-order valence-electron chi connectivity index (χ0n) is 14.6. The van der Waals surface area contributed by atoms with Crippen LogP contribution in [0.4, 0.5) is 10.6 Å². The summed E-state index contributed by atoms with van der Waals surface area (Å²) in [7, 11) is 0. The minimum absolute atomic E-state index is 0.232. The third-order valence-corrected chi connectivity index (χ3v) is 4.98. The van der Waals surface area contributed by atoms with Gasteiger partial charge in [-0.3, -0.25) is 5.10 Å². The van der Waals surface area contributed by atoms with Gasteiger partial charge in [0.25, 0.3) is 0 Å². The van der Waals surface area contributed by atoms with Crippen LogP contribution in [0.1, 0.15) is 33.6 Å². The molecule has 2 unspecified atom stereocenters. The van der Waals surface area contributed by atoms with E-state index in [0.29, 0.717) is 18.2 Å². The fraction of sp³-hybridized carbons (Fsp3) is 0.588. The van der Waals surface area contributed by atoms with Crippen LogP contribution in [0.2, 0.25) is 5.15 Å². The molecule has 2 bridgehead atoms. The molecule has 2 saturated heterocycles. The van der Waals surface area contributed by atoms with Crippen molar-refractivity contribution in [2.45, 2.75) is 51.3 Å². The van der Waals surface area contributed by atoms with E-state index in [1.165, 1.54) is 0 Å². The normalized spacial score (nSPS) is 23.4. The van der Waals surface area contributed by atoms with Gasteiger partial charge in [-0.05, 0) is 33.6 Å². The number of likely N-dealkylation sites (tertiary alicyclic amines) is 1. The maximum Gasteiger partial charge on any atom is 0.410 e. The first kappa shape index (κ1) is 16.4. The topological polar surface area (TPSA) is 74.3 Å². The number of amides is 1. The van der Waals surface area contributed by atoms with Crippen LogP contribution in [-0.4, -0.2) is 56.9 Å². The number of aromatic nitrogens is 3. The third-order valence-electron chi connectivity index (χ3n) is 4.77. The summed E-state index contributed by atoms with van der Waals surface area (Å²) in [6.07, 6.45) is 3.61. The molecule has 0 radical (unpaired) electrons. The number of hydrogen-bond acceptors (Lipinski definition) is 5. The largest absolute Gasteiger partial charge is 0.444 e. The first-order valence-corrected chi connectivity index (χ1v) is 8.95. The molecule has 0 aliphatic carbocycles. The molecule has 2 fully saturated rings. The van der Waals surface area contributed by atoms with Crippen LogP contribution in [0.15, 0.2) is 12.3 Å². The van der Waals surface area contributed by atoms with Crippen molar-refractivity contribution in [2.75, 3.05) is 18.0 Å². The van der Waals surface area contributed by atoms with Gasteiger partial charge >= 0.3 is 6.09 Å². The number of fused-ring (bicyclic) bond motifs is 3. The van der Waals surface area contributed by atoms with E-state index in [2.05, 4.69) is 20.1 Å². The highest BCUT2D eigenvalue weighted by molar-refractivity contribution is 6.30. The van der Waals surface area contributed by atoms with Crippen molar-refractivity contribution >= 4 is 34.4 Å². The fourth-order valence-electron chi connectivity index (χ4n) is 3.80. The van der Waals surface area contributed by atoms with Crippen LogP contribution in [-0.2, 0) is 4.74 Å². The molecule has 1 amide bonds. The number of ether oxygens (including phenoxy) is 1. The molecule has 2 aromatic rings. The molecule has 2 aliphatic heterocycles. The molecule has 4 heterocycles. The van der Waals surface area contributed by atoms with E-state index in [9.17, 15) is 4.79 Å². The zero-order valence-corrected chi connectivity index (χ0v) is 15.4. The second-order valence-corrected chi connectivity index (χ2v) is 8.16. The fourth-order valence-corrected chi connectivity index (χ4v) is 3.95. The molecule has 134 valence electrons. The predicted molar refractivity (Wildman–Crippen MR) is 96.0 cm³/mol.